The van der Waals surface area contributed by atoms with E-state index in [9.17, 15) is 0 Å². The summed E-state index contributed by atoms with van der Waals surface area (Å²) in [4.78, 5) is 11.0. The van der Waals surface area contributed by atoms with Crippen LogP contribution in [0, 0.1) is 13.8 Å². The Bertz CT molecular complexity index is 767. The predicted molar refractivity (Wildman–Crippen MR) is 85.7 cm³/mol. The number of hydrogen-bond donors (Lipinski definition) is 1. The van der Waals surface area contributed by atoms with Crippen LogP contribution in [0.1, 0.15) is 16.0 Å². The van der Waals surface area contributed by atoms with E-state index in [1.165, 1.54) is 10.4 Å². The number of nitrogens with one attached hydrogen (secondary N) is 1. The number of thiophene rings is 1. The molecule has 0 saturated carbocycles. The molecule has 3 aromatic rings. The van der Waals surface area contributed by atoms with Crippen molar-refractivity contribution in [3.8, 4) is 0 Å². The third kappa shape index (κ3) is 2.37. The van der Waals surface area contributed by atoms with Gasteiger partial charge in [-0.05, 0) is 31.0 Å². The van der Waals surface area contributed by atoms with Gasteiger partial charge in [-0.25, -0.2) is 9.97 Å². The van der Waals surface area contributed by atoms with Gasteiger partial charge in [0.2, 0.25) is 0 Å². The first-order chi connectivity index (χ1) is 9.66. The van der Waals surface area contributed by atoms with Gasteiger partial charge in [-0.2, -0.15) is 0 Å². The summed E-state index contributed by atoms with van der Waals surface area (Å²) >= 11 is 7.87. The largest absolute Gasteiger partial charge is 0.365 e. The number of aromatic nitrogens is 2. The Balaban J connectivity index is 1.94. The Morgan fingerprint density at radius 2 is 2.00 bits per heavy atom. The zero-order valence-corrected chi connectivity index (χ0v) is 12.8. The van der Waals surface area contributed by atoms with Crippen LogP contribution in [0.3, 0.4) is 0 Å². The summed E-state index contributed by atoms with van der Waals surface area (Å²) in [7, 11) is 0. The molecule has 0 spiro atoms. The third-order valence-corrected chi connectivity index (χ3v) is 4.85. The molecule has 0 atom stereocenters. The van der Waals surface area contributed by atoms with Gasteiger partial charge in [0, 0.05) is 16.4 Å². The molecule has 102 valence electrons. The molecule has 0 saturated heterocycles. The molecular formula is C15H14ClN3S. The summed E-state index contributed by atoms with van der Waals surface area (Å²) in [5.41, 5.74) is 2.30. The summed E-state index contributed by atoms with van der Waals surface area (Å²) in [6.07, 6.45) is 1.60. The summed E-state index contributed by atoms with van der Waals surface area (Å²) in [6, 6.07) is 7.83. The van der Waals surface area contributed by atoms with Gasteiger partial charge < -0.3 is 5.32 Å². The van der Waals surface area contributed by atoms with E-state index in [1.807, 2.05) is 24.3 Å². The highest BCUT2D eigenvalue weighted by atomic mass is 35.5. The van der Waals surface area contributed by atoms with Crippen LogP contribution in [-0.2, 0) is 6.54 Å². The first-order valence-electron chi connectivity index (χ1n) is 6.35. The molecule has 0 aliphatic heterocycles. The van der Waals surface area contributed by atoms with Crippen molar-refractivity contribution in [2.45, 2.75) is 20.4 Å². The monoisotopic (exact) mass is 303 g/mol. The van der Waals surface area contributed by atoms with Gasteiger partial charge in [0.1, 0.15) is 17.0 Å². The molecule has 3 nitrogen and oxygen atoms in total. The third-order valence-electron chi connectivity index (χ3n) is 3.37. The summed E-state index contributed by atoms with van der Waals surface area (Å²) < 4.78 is 0. The number of anilines is 1. The van der Waals surface area contributed by atoms with Crippen LogP contribution in [0.4, 0.5) is 5.82 Å². The van der Waals surface area contributed by atoms with Crippen LogP contribution < -0.4 is 5.32 Å². The molecule has 0 aliphatic rings. The van der Waals surface area contributed by atoms with E-state index < -0.39 is 0 Å². The molecule has 1 aromatic carbocycles. The van der Waals surface area contributed by atoms with Crippen molar-refractivity contribution in [3.63, 3.8) is 0 Å². The molecule has 0 aliphatic carbocycles. The number of rotatable bonds is 3. The summed E-state index contributed by atoms with van der Waals surface area (Å²) in [6.45, 7) is 4.87. The van der Waals surface area contributed by atoms with Gasteiger partial charge in [-0.3, -0.25) is 0 Å². The van der Waals surface area contributed by atoms with E-state index >= 15 is 0 Å². The van der Waals surface area contributed by atoms with Crippen LogP contribution in [0.5, 0.6) is 0 Å². The number of benzene rings is 1. The van der Waals surface area contributed by atoms with E-state index in [0.717, 1.165) is 26.6 Å². The first-order valence-corrected chi connectivity index (χ1v) is 7.54. The molecule has 5 heteroatoms. The van der Waals surface area contributed by atoms with Gasteiger partial charge >= 0.3 is 0 Å². The SMILES string of the molecule is Cc1sc2ncnc(NCc3ccccc3Cl)c2c1C. The van der Waals surface area contributed by atoms with Crippen LogP contribution in [-0.4, -0.2) is 9.97 Å². The standard InChI is InChI=1S/C15H14ClN3S/c1-9-10(2)20-15-13(9)14(18-8-19-15)17-7-11-5-3-4-6-12(11)16/h3-6,8H,7H2,1-2H3,(H,17,18,19). The topological polar surface area (TPSA) is 37.8 Å². The fourth-order valence-corrected chi connectivity index (χ4v) is 3.34. The van der Waals surface area contributed by atoms with Crippen molar-refractivity contribution in [2.75, 3.05) is 5.32 Å². The maximum Gasteiger partial charge on any atom is 0.138 e. The van der Waals surface area contributed by atoms with E-state index in [4.69, 9.17) is 11.6 Å². The first kappa shape index (κ1) is 13.3. The molecule has 3 rings (SSSR count). The van der Waals surface area contributed by atoms with Crippen molar-refractivity contribution in [2.24, 2.45) is 0 Å². The molecule has 0 radical (unpaired) electrons. The number of hydrogen-bond acceptors (Lipinski definition) is 4. The highest BCUT2D eigenvalue weighted by Gasteiger charge is 2.11. The van der Waals surface area contributed by atoms with Gasteiger partial charge in [-0.15, -0.1) is 11.3 Å². The molecular weight excluding hydrogens is 290 g/mol. The molecule has 0 amide bonds. The fourth-order valence-electron chi connectivity index (χ4n) is 2.14. The van der Waals surface area contributed by atoms with Crippen LogP contribution in [0.15, 0.2) is 30.6 Å². The summed E-state index contributed by atoms with van der Waals surface area (Å²) in [5, 5.41) is 5.25. The Hall–Kier alpha value is -1.65. The Morgan fingerprint density at radius 3 is 2.80 bits per heavy atom. The minimum absolute atomic E-state index is 0.653. The maximum atomic E-state index is 6.17. The maximum absolute atomic E-state index is 6.17. The van der Waals surface area contributed by atoms with Crippen LogP contribution >= 0.6 is 22.9 Å². The second-order valence-corrected chi connectivity index (χ2v) is 6.24. The number of aryl methyl sites for hydroxylation is 2. The highest BCUT2D eigenvalue weighted by molar-refractivity contribution is 7.18. The second-order valence-electron chi connectivity index (χ2n) is 4.63. The van der Waals surface area contributed by atoms with Gasteiger partial charge in [0.25, 0.3) is 0 Å². The predicted octanol–water partition coefficient (Wildman–Crippen LogP) is 4.57. The Labute approximate surface area is 126 Å². The summed E-state index contributed by atoms with van der Waals surface area (Å²) in [5.74, 6) is 0.872. The minimum atomic E-state index is 0.653. The Morgan fingerprint density at radius 1 is 1.20 bits per heavy atom. The average molecular weight is 304 g/mol. The van der Waals surface area contributed by atoms with E-state index in [0.29, 0.717) is 6.54 Å². The van der Waals surface area contributed by atoms with Crippen molar-refractivity contribution in [1.82, 2.24) is 9.97 Å². The quantitative estimate of drug-likeness (QED) is 0.770. The molecule has 20 heavy (non-hydrogen) atoms. The number of halogens is 1. The smallest absolute Gasteiger partial charge is 0.138 e. The van der Waals surface area contributed by atoms with Crippen LogP contribution in [0.2, 0.25) is 5.02 Å². The molecule has 0 unspecified atom stereocenters. The molecule has 2 aromatic heterocycles. The molecule has 0 fully saturated rings. The Kier molecular flexibility index (Phi) is 3.59. The highest BCUT2D eigenvalue weighted by Crippen LogP contribution is 2.32. The minimum Gasteiger partial charge on any atom is -0.365 e. The van der Waals surface area contributed by atoms with E-state index in [2.05, 4.69) is 29.1 Å². The molecule has 1 N–H and O–H groups in total. The van der Waals surface area contributed by atoms with Crippen LogP contribution in [0.25, 0.3) is 10.2 Å². The van der Waals surface area contributed by atoms with Crippen molar-refractivity contribution < 1.29 is 0 Å². The molecule has 2 heterocycles. The average Bonchev–Trinajstić information content (AvgIpc) is 2.74. The van der Waals surface area contributed by atoms with Crippen molar-refractivity contribution in [3.05, 3.63) is 51.6 Å². The van der Waals surface area contributed by atoms with Crippen molar-refractivity contribution >= 4 is 39.0 Å². The lowest BCUT2D eigenvalue weighted by molar-refractivity contribution is 1.10. The fraction of sp³-hybridized carbons (Fsp3) is 0.200. The lowest BCUT2D eigenvalue weighted by atomic mass is 10.2. The normalized spacial score (nSPS) is 10.9. The van der Waals surface area contributed by atoms with E-state index in [-0.39, 0.29) is 0 Å². The molecule has 0 bridgehead atoms. The second kappa shape index (κ2) is 5.38. The van der Waals surface area contributed by atoms with Gasteiger partial charge in [0.05, 0.1) is 5.39 Å². The lowest BCUT2D eigenvalue weighted by Gasteiger charge is -2.08. The van der Waals surface area contributed by atoms with Gasteiger partial charge in [0.15, 0.2) is 0 Å². The van der Waals surface area contributed by atoms with Gasteiger partial charge in [-0.1, -0.05) is 29.8 Å². The number of nitrogens with zero attached hydrogens (tertiary/aromatic N) is 2. The lowest BCUT2D eigenvalue weighted by Crippen LogP contribution is -2.02. The van der Waals surface area contributed by atoms with Crippen molar-refractivity contribution in [1.29, 1.82) is 0 Å². The number of fused-ring (bicyclic) bond motifs is 1. The zero-order chi connectivity index (χ0) is 14.1. The van der Waals surface area contributed by atoms with E-state index in [1.54, 1.807) is 17.7 Å². The zero-order valence-electron chi connectivity index (χ0n) is 11.3.